The van der Waals surface area contributed by atoms with Gasteiger partial charge < -0.3 is 17.1 Å². The molecule has 0 heterocycles. The van der Waals surface area contributed by atoms with Gasteiger partial charge in [0.1, 0.15) is 6.54 Å². The summed E-state index contributed by atoms with van der Waals surface area (Å²) in [6, 6.07) is 10.4. The molecule has 0 saturated carbocycles. The minimum atomic E-state index is -0.282. The minimum Gasteiger partial charge on any atom is -1.00 e. The molecule has 0 aliphatic carbocycles. The molecule has 3 nitrogen and oxygen atoms in total. The zero-order chi connectivity index (χ0) is 16.6. The van der Waals surface area contributed by atoms with E-state index in [0.29, 0.717) is 5.57 Å². The lowest BCUT2D eigenvalue weighted by atomic mass is 10.1. The van der Waals surface area contributed by atoms with Crippen LogP contribution in [0.3, 0.4) is 0 Å². The molecular formula is C19H30ClNO2. The normalized spacial score (nSPS) is 12.2. The molecule has 130 valence electrons. The molecule has 1 rings (SSSR count). The van der Waals surface area contributed by atoms with Crippen LogP contribution < -0.4 is 12.4 Å². The molecule has 0 radical (unpaired) electrons. The van der Waals surface area contributed by atoms with Crippen molar-refractivity contribution in [3.05, 3.63) is 48.0 Å². The van der Waals surface area contributed by atoms with Crippen LogP contribution in [0.25, 0.3) is 0 Å². The van der Waals surface area contributed by atoms with E-state index in [0.717, 1.165) is 37.0 Å². The van der Waals surface area contributed by atoms with E-state index in [-0.39, 0.29) is 24.6 Å². The topological polar surface area (TPSA) is 26.3 Å². The van der Waals surface area contributed by atoms with Crippen LogP contribution in [0.15, 0.2) is 42.5 Å². The van der Waals surface area contributed by atoms with Gasteiger partial charge in [0.05, 0.1) is 13.1 Å². The number of benzene rings is 1. The maximum atomic E-state index is 12.0. The molecule has 0 spiro atoms. The molecule has 1 atom stereocenters. The van der Waals surface area contributed by atoms with E-state index in [1.165, 1.54) is 5.56 Å². The number of carbonyl (C=O) groups is 1. The Labute approximate surface area is 147 Å². The third kappa shape index (κ3) is 6.00. The fourth-order valence-electron chi connectivity index (χ4n) is 2.82. The third-order valence-electron chi connectivity index (χ3n) is 4.34. The fraction of sp³-hybridized carbons (Fsp3) is 0.526. The van der Waals surface area contributed by atoms with E-state index < -0.39 is 0 Å². The first-order chi connectivity index (χ1) is 10.5. The molecule has 1 aromatic rings. The van der Waals surface area contributed by atoms with Gasteiger partial charge in [0.25, 0.3) is 0 Å². The number of quaternary nitrogens is 1. The Hall–Kier alpha value is -1.32. The van der Waals surface area contributed by atoms with Crippen LogP contribution in [0, 0.1) is 0 Å². The zero-order valence-corrected chi connectivity index (χ0v) is 15.6. The minimum absolute atomic E-state index is 0. The summed E-state index contributed by atoms with van der Waals surface area (Å²) in [4.78, 5) is 12.0. The van der Waals surface area contributed by atoms with Crippen molar-refractivity contribution in [1.82, 2.24) is 0 Å². The summed E-state index contributed by atoms with van der Waals surface area (Å²) in [5.41, 5.74) is 1.74. The van der Waals surface area contributed by atoms with Gasteiger partial charge in [-0.25, -0.2) is 4.79 Å². The second-order valence-electron chi connectivity index (χ2n) is 5.92. The Balaban J connectivity index is 0.00000484. The number of hydrogen-bond acceptors (Lipinski definition) is 2. The number of rotatable bonds is 9. The average molecular weight is 340 g/mol. The van der Waals surface area contributed by atoms with E-state index in [1.807, 2.05) is 6.07 Å². The van der Waals surface area contributed by atoms with Gasteiger partial charge in [-0.3, -0.25) is 4.48 Å². The van der Waals surface area contributed by atoms with Crippen LogP contribution in [0.1, 0.15) is 46.1 Å². The van der Waals surface area contributed by atoms with Crippen LogP contribution in [0.5, 0.6) is 0 Å². The van der Waals surface area contributed by atoms with Gasteiger partial charge in [-0.15, -0.1) is 0 Å². The standard InChI is InChI=1S/C19H30NO2.ClH/c1-6-12-18(22-19(21)16(4)5)20(7-2,8-3)15-17-13-10-9-11-14-17;/h9-11,13-14,18H,4,6-8,12,15H2,1-3,5H3;1H/q+1;/p-1. The Bertz CT molecular complexity index is 483. The molecule has 0 saturated heterocycles. The molecule has 0 fully saturated rings. The molecular weight excluding hydrogens is 310 g/mol. The van der Waals surface area contributed by atoms with Crippen molar-refractivity contribution in [3.8, 4) is 0 Å². The van der Waals surface area contributed by atoms with Crippen molar-refractivity contribution < 1.29 is 26.4 Å². The summed E-state index contributed by atoms with van der Waals surface area (Å²) in [5.74, 6) is -0.282. The fourth-order valence-corrected chi connectivity index (χ4v) is 2.82. The summed E-state index contributed by atoms with van der Waals surface area (Å²) >= 11 is 0. The summed E-state index contributed by atoms with van der Waals surface area (Å²) < 4.78 is 6.57. The van der Waals surface area contributed by atoms with Crippen molar-refractivity contribution in [3.63, 3.8) is 0 Å². The van der Waals surface area contributed by atoms with E-state index in [4.69, 9.17) is 4.74 Å². The van der Waals surface area contributed by atoms with E-state index >= 15 is 0 Å². The van der Waals surface area contributed by atoms with Crippen molar-refractivity contribution in [2.45, 2.75) is 53.3 Å². The average Bonchev–Trinajstić information content (AvgIpc) is 2.53. The molecule has 4 heteroatoms. The first-order valence-corrected chi connectivity index (χ1v) is 8.25. The second-order valence-corrected chi connectivity index (χ2v) is 5.92. The highest BCUT2D eigenvalue weighted by molar-refractivity contribution is 5.87. The Kier molecular flexibility index (Phi) is 9.85. The third-order valence-corrected chi connectivity index (χ3v) is 4.34. The lowest BCUT2D eigenvalue weighted by Crippen LogP contribution is -3.00. The van der Waals surface area contributed by atoms with Crippen molar-refractivity contribution in [2.24, 2.45) is 0 Å². The second kappa shape index (κ2) is 10.5. The molecule has 1 aromatic carbocycles. The number of esters is 1. The quantitative estimate of drug-likeness (QED) is 0.293. The predicted octanol–water partition coefficient (Wildman–Crippen LogP) is 1.29. The van der Waals surface area contributed by atoms with Gasteiger partial charge in [0, 0.05) is 17.6 Å². The number of carbonyl (C=O) groups excluding carboxylic acids is 1. The van der Waals surface area contributed by atoms with Gasteiger partial charge in [-0.2, -0.15) is 0 Å². The van der Waals surface area contributed by atoms with Crippen molar-refractivity contribution >= 4 is 5.97 Å². The van der Waals surface area contributed by atoms with E-state index in [9.17, 15) is 4.79 Å². The summed E-state index contributed by atoms with van der Waals surface area (Å²) in [7, 11) is 0. The van der Waals surface area contributed by atoms with Crippen molar-refractivity contribution in [1.29, 1.82) is 0 Å². The molecule has 1 unspecified atom stereocenters. The van der Waals surface area contributed by atoms with E-state index in [1.54, 1.807) is 6.92 Å². The Morgan fingerprint density at radius 1 is 1.17 bits per heavy atom. The number of halogens is 1. The summed E-state index contributed by atoms with van der Waals surface area (Å²) in [6.45, 7) is 14.6. The number of nitrogens with zero attached hydrogens (tertiary/aromatic N) is 1. The van der Waals surface area contributed by atoms with Crippen molar-refractivity contribution in [2.75, 3.05) is 13.1 Å². The largest absolute Gasteiger partial charge is 1.00 e. The first kappa shape index (κ1) is 21.7. The summed E-state index contributed by atoms with van der Waals surface area (Å²) in [6.07, 6.45) is 1.74. The highest BCUT2D eigenvalue weighted by atomic mass is 35.5. The molecule has 0 aliphatic heterocycles. The molecule has 0 N–H and O–H groups in total. The molecule has 23 heavy (non-hydrogen) atoms. The Morgan fingerprint density at radius 3 is 2.17 bits per heavy atom. The lowest BCUT2D eigenvalue weighted by molar-refractivity contribution is -0.978. The van der Waals surface area contributed by atoms with Gasteiger partial charge >= 0.3 is 5.97 Å². The predicted molar refractivity (Wildman–Crippen MR) is 91.1 cm³/mol. The van der Waals surface area contributed by atoms with Gasteiger partial charge in [-0.1, -0.05) is 43.8 Å². The van der Waals surface area contributed by atoms with Crippen LogP contribution in [0.4, 0.5) is 0 Å². The van der Waals surface area contributed by atoms with Crippen LogP contribution in [-0.4, -0.2) is 29.8 Å². The smallest absolute Gasteiger partial charge is 0.337 e. The van der Waals surface area contributed by atoms with Crippen LogP contribution in [-0.2, 0) is 16.1 Å². The highest BCUT2D eigenvalue weighted by Gasteiger charge is 2.36. The summed E-state index contributed by atoms with van der Waals surface area (Å²) in [5, 5.41) is 0. The SMILES string of the molecule is C=C(C)C(=O)OC(CCC)[N+](CC)(CC)Cc1ccccc1.[Cl-]. The maximum absolute atomic E-state index is 12.0. The zero-order valence-electron chi connectivity index (χ0n) is 14.8. The van der Waals surface area contributed by atoms with Gasteiger partial charge in [0.15, 0.2) is 0 Å². The lowest BCUT2D eigenvalue weighted by Gasteiger charge is -2.42. The molecule has 0 aromatic heterocycles. The van der Waals surface area contributed by atoms with Gasteiger partial charge in [-0.05, 0) is 27.2 Å². The molecule has 0 aliphatic rings. The number of ether oxygens (including phenoxy) is 1. The highest BCUT2D eigenvalue weighted by Crippen LogP contribution is 2.24. The monoisotopic (exact) mass is 339 g/mol. The van der Waals surface area contributed by atoms with Crippen LogP contribution in [0.2, 0.25) is 0 Å². The number of hydrogen-bond donors (Lipinski definition) is 0. The maximum Gasteiger partial charge on any atom is 0.337 e. The van der Waals surface area contributed by atoms with Gasteiger partial charge in [0.2, 0.25) is 6.23 Å². The van der Waals surface area contributed by atoms with Crippen LogP contribution >= 0.6 is 0 Å². The first-order valence-electron chi connectivity index (χ1n) is 8.25. The van der Waals surface area contributed by atoms with E-state index in [2.05, 4.69) is 51.6 Å². The molecule has 0 amide bonds. The molecule has 0 bridgehead atoms. The Morgan fingerprint density at radius 2 is 1.74 bits per heavy atom.